The summed E-state index contributed by atoms with van der Waals surface area (Å²) < 4.78 is 50.3. The molecule has 7 heteroatoms. The van der Waals surface area contributed by atoms with Gasteiger partial charge in [-0.1, -0.05) is 0 Å². The molecule has 1 aromatic carbocycles. The minimum atomic E-state index is -4.46. The van der Waals surface area contributed by atoms with Crippen molar-refractivity contribution in [2.75, 3.05) is 19.7 Å². The van der Waals surface area contributed by atoms with E-state index < -0.39 is 11.7 Å². The second kappa shape index (κ2) is 5.55. The molecule has 0 bridgehead atoms. The van der Waals surface area contributed by atoms with Gasteiger partial charge in [0.15, 0.2) is 11.5 Å². The molecule has 120 valence electrons. The predicted molar refractivity (Wildman–Crippen MR) is 74.4 cm³/mol. The third kappa shape index (κ3) is 3.10. The van der Waals surface area contributed by atoms with E-state index in [1.54, 1.807) is 13.0 Å². The first-order valence-corrected chi connectivity index (χ1v) is 7.14. The molecule has 1 saturated heterocycles. The van der Waals surface area contributed by atoms with E-state index in [9.17, 15) is 13.2 Å². The van der Waals surface area contributed by atoms with E-state index in [4.69, 9.17) is 9.15 Å². The van der Waals surface area contributed by atoms with Crippen molar-refractivity contribution < 1.29 is 22.3 Å². The van der Waals surface area contributed by atoms with Crippen LogP contribution in [0.1, 0.15) is 23.9 Å². The summed E-state index contributed by atoms with van der Waals surface area (Å²) in [4.78, 5) is 6.13. The Morgan fingerprint density at radius 1 is 1.36 bits per heavy atom. The average molecular weight is 314 g/mol. The molecular weight excluding hydrogens is 297 g/mol. The van der Waals surface area contributed by atoms with Gasteiger partial charge in [-0.25, -0.2) is 4.98 Å². The molecule has 0 amide bonds. The number of halogens is 3. The van der Waals surface area contributed by atoms with Crippen molar-refractivity contribution in [1.82, 2.24) is 9.88 Å². The minimum absolute atomic E-state index is 0.0915. The summed E-state index contributed by atoms with van der Waals surface area (Å²) in [6.07, 6.45) is -4.37. The molecule has 1 atom stereocenters. The van der Waals surface area contributed by atoms with Gasteiger partial charge in [0.1, 0.15) is 11.1 Å². The predicted octanol–water partition coefficient (Wildman–Crippen LogP) is 3.38. The molecule has 3 rings (SSSR count). The Bertz CT molecular complexity index is 681. The minimum Gasteiger partial charge on any atom is -0.440 e. The second-order valence-corrected chi connectivity index (χ2v) is 5.64. The Hall–Kier alpha value is -1.60. The monoisotopic (exact) mass is 314 g/mol. The van der Waals surface area contributed by atoms with Gasteiger partial charge in [0.2, 0.25) is 0 Å². The van der Waals surface area contributed by atoms with Gasteiger partial charge in [-0.05, 0) is 24.6 Å². The first kappa shape index (κ1) is 15.3. The first-order chi connectivity index (χ1) is 10.3. The Kier molecular flexibility index (Phi) is 3.86. The first-order valence-electron chi connectivity index (χ1n) is 7.14. The number of fused-ring (bicyclic) bond motifs is 1. The lowest BCUT2D eigenvalue weighted by Crippen LogP contribution is -2.40. The van der Waals surface area contributed by atoms with Crippen LogP contribution in [-0.4, -0.2) is 35.7 Å². The molecule has 2 aromatic rings. The molecular formula is C15H17F3N2O2. The molecule has 0 N–H and O–H groups in total. The maximum Gasteiger partial charge on any atom is 0.420 e. The summed E-state index contributed by atoms with van der Waals surface area (Å²) >= 11 is 0. The molecule has 1 aliphatic heterocycles. The van der Waals surface area contributed by atoms with Crippen LogP contribution in [0.3, 0.4) is 0 Å². The van der Waals surface area contributed by atoms with Crippen LogP contribution in [0.4, 0.5) is 13.2 Å². The topological polar surface area (TPSA) is 38.5 Å². The zero-order chi connectivity index (χ0) is 15.9. The highest BCUT2D eigenvalue weighted by atomic mass is 19.4. The van der Waals surface area contributed by atoms with E-state index in [1.165, 1.54) is 0 Å². The van der Waals surface area contributed by atoms with Crippen LogP contribution in [-0.2, 0) is 17.5 Å². The summed E-state index contributed by atoms with van der Waals surface area (Å²) in [7, 11) is 0. The number of benzene rings is 1. The highest BCUT2D eigenvalue weighted by Gasteiger charge is 2.35. The van der Waals surface area contributed by atoms with Crippen LogP contribution in [0.2, 0.25) is 0 Å². The van der Waals surface area contributed by atoms with E-state index in [0.717, 1.165) is 6.07 Å². The van der Waals surface area contributed by atoms with Crippen molar-refractivity contribution in [1.29, 1.82) is 0 Å². The molecule has 2 heterocycles. The van der Waals surface area contributed by atoms with E-state index in [1.807, 2.05) is 6.92 Å². The second-order valence-electron chi connectivity index (χ2n) is 5.64. The van der Waals surface area contributed by atoms with E-state index in [2.05, 4.69) is 9.88 Å². The zero-order valence-corrected chi connectivity index (χ0v) is 12.4. The number of nitrogens with zero attached hydrogens (tertiary/aromatic N) is 2. The van der Waals surface area contributed by atoms with Crippen molar-refractivity contribution in [2.24, 2.45) is 0 Å². The van der Waals surface area contributed by atoms with Crippen LogP contribution in [0.25, 0.3) is 11.1 Å². The van der Waals surface area contributed by atoms with E-state index in [0.29, 0.717) is 31.8 Å². The fourth-order valence-electron chi connectivity index (χ4n) is 2.80. The molecule has 1 aromatic heterocycles. The van der Waals surface area contributed by atoms with Crippen LogP contribution in [0, 0.1) is 6.92 Å². The largest absolute Gasteiger partial charge is 0.440 e. The lowest BCUT2D eigenvalue weighted by Gasteiger charge is -2.31. The maximum absolute atomic E-state index is 13.2. The lowest BCUT2D eigenvalue weighted by molar-refractivity contribution is -0.136. The normalized spacial score (nSPS) is 20.7. The summed E-state index contributed by atoms with van der Waals surface area (Å²) in [6, 6.07) is 2.83. The molecule has 22 heavy (non-hydrogen) atoms. The number of aromatic nitrogens is 1. The van der Waals surface area contributed by atoms with Gasteiger partial charge in [-0.3, -0.25) is 4.90 Å². The summed E-state index contributed by atoms with van der Waals surface area (Å²) in [5.41, 5.74) is -0.114. The van der Waals surface area contributed by atoms with Gasteiger partial charge in [0.25, 0.3) is 0 Å². The highest BCUT2D eigenvalue weighted by molar-refractivity contribution is 5.78. The fraction of sp³-hybridized carbons (Fsp3) is 0.533. The summed E-state index contributed by atoms with van der Waals surface area (Å²) in [5, 5.41) is 0. The summed E-state index contributed by atoms with van der Waals surface area (Å²) in [5.74, 6) is 0.234. The van der Waals surface area contributed by atoms with E-state index in [-0.39, 0.29) is 23.1 Å². The molecule has 0 aliphatic carbocycles. The van der Waals surface area contributed by atoms with Gasteiger partial charge in [-0.15, -0.1) is 0 Å². The van der Waals surface area contributed by atoms with Crippen molar-refractivity contribution in [3.8, 4) is 0 Å². The molecule has 0 saturated carbocycles. The van der Waals surface area contributed by atoms with Gasteiger partial charge in [-0.2, -0.15) is 13.2 Å². The number of hydrogen-bond acceptors (Lipinski definition) is 4. The number of morpholine rings is 1. The Balaban J connectivity index is 1.96. The SMILES string of the molecule is Cc1nc2cc(CN3CCO[C@@H](C)C3)cc(C(F)(F)F)c2o1. The Morgan fingerprint density at radius 3 is 2.82 bits per heavy atom. The van der Waals surface area contributed by atoms with Gasteiger partial charge >= 0.3 is 6.18 Å². The van der Waals surface area contributed by atoms with Gasteiger partial charge in [0.05, 0.1) is 12.7 Å². The number of oxazole rings is 1. The summed E-state index contributed by atoms with van der Waals surface area (Å²) in [6.45, 7) is 5.96. The van der Waals surface area contributed by atoms with Crippen molar-refractivity contribution in [3.63, 3.8) is 0 Å². The number of ether oxygens (including phenoxy) is 1. The van der Waals surface area contributed by atoms with Crippen LogP contribution < -0.4 is 0 Å². The Labute approximate surface area is 125 Å². The number of rotatable bonds is 2. The molecule has 0 spiro atoms. The fourth-order valence-corrected chi connectivity index (χ4v) is 2.80. The number of alkyl halides is 3. The van der Waals surface area contributed by atoms with Gasteiger partial charge < -0.3 is 9.15 Å². The smallest absolute Gasteiger partial charge is 0.420 e. The average Bonchev–Trinajstić information content (AvgIpc) is 2.76. The third-order valence-electron chi connectivity index (χ3n) is 3.69. The number of hydrogen-bond donors (Lipinski definition) is 0. The number of aryl methyl sites for hydroxylation is 1. The van der Waals surface area contributed by atoms with Crippen molar-refractivity contribution in [2.45, 2.75) is 32.7 Å². The third-order valence-corrected chi connectivity index (χ3v) is 3.69. The Morgan fingerprint density at radius 2 is 2.14 bits per heavy atom. The zero-order valence-electron chi connectivity index (χ0n) is 12.4. The van der Waals surface area contributed by atoms with Gasteiger partial charge in [0, 0.05) is 26.6 Å². The van der Waals surface area contributed by atoms with E-state index >= 15 is 0 Å². The lowest BCUT2D eigenvalue weighted by atomic mass is 10.1. The molecule has 4 nitrogen and oxygen atoms in total. The maximum atomic E-state index is 13.2. The van der Waals surface area contributed by atoms with Crippen LogP contribution in [0.15, 0.2) is 16.5 Å². The molecule has 1 aliphatic rings. The standard InChI is InChI=1S/C15H17F3N2O2/c1-9-7-20(3-4-21-9)8-11-5-12(15(16,17)18)14-13(6-11)19-10(2)22-14/h5-6,9H,3-4,7-8H2,1-2H3/t9-/m0/s1. The van der Waals surface area contributed by atoms with Crippen LogP contribution in [0.5, 0.6) is 0 Å². The molecule has 1 fully saturated rings. The van der Waals surface area contributed by atoms with Crippen molar-refractivity contribution >= 4 is 11.1 Å². The molecule has 0 radical (unpaired) electrons. The van der Waals surface area contributed by atoms with Crippen LogP contribution >= 0.6 is 0 Å². The highest BCUT2D eigenvalue weighted by Crippen LogP contribution is 2.36. The quantitative estimate of drug-likeness (QED) is 0.852. The molecule has 0 unspecified atom stereocenters. The van der Waals surface area contributed by atoms with Crippen molar-refractivity contribution in [3.05, 3.63) is 29.2 Å².